The molecule has 2 heterocycles. The molecule has 4 rings (SSSR count). The lowest BCUT2D eigenvalue weighted by molar-refractivity contribution is -0.130. The molecule has 0 aromatic heterocycles. The predicted octanol–water partition coefficient (Wildman–Crippen LogP) is 4.15. The highest BCUT2D eigenvalue weighted by atomic mass is 32.2. The molecular formula is C25H31FN2O4S. The highest BCUT2D eigenvalue weighted by Crippen LogP contribution is 2.42. The molecule has 1 N–H and O–H groups in total. The van der Waals surface area contributed by atoms with Crippen LogP contribution in [0.25, 0.3) is 5.57 Å². The first-order valence-corrected chi connectivity index (χ1v) is 13.1. The highest BCUT2D eigenvalue weighted by molar-refractivity contribution is 7.90. The number of ether oxygens (including phenoxy) is 1. The summed E-state index contributed by atoms with van der Waals surface area (Å²) in [6.45, 7) is 4.21. The third-order valence-electron chi connectivity index (χ3n) is 6.39. The van der Waals surface area contributed by atoms with E-state index in [1.807, 2.05) is 6.92 Å². The van der Waals surface area contributed by atoms with Gasteiger partial charge in [0, 0.05) is 31.9 Å². The summed E-state index contributed by atoms with van der Waals surface area (Å²) in [4.78, 5) is 14.2. The number of fused-ring (bicyclic) bond motifs is 1. The smallest absolute Gasteiger partial charge is 0.244 e. The van der Waals surface area contributed by atoms with Gasteiger partial charge in [0.1, 0.15) is 5.75 Å². The van der Waals surface area contributed by atoms with Gasteiger partial charge in [0.25, 0.3) is 0 Å². The Bertz CT molecular complexity index is 1220. The maximum Gasteiger partial charge on any atom is 0.244 e. The summed E-state index contributed by atoms with van der Waals surface area (Å²) in [7, 11) is -1.54. The molecule has 0 radical (unpaired) electrons. The monoisotopic (exact) mass is 474 g/mol. The molecule has 2 atom stereocenters. The molecule has 2 aliphatic heterocycles. The van der Waals surface area contributed by atoms with Crippen LogP contribution in [0.3, 0.4) is 0 Å². The molecule has 2 unspecified atom stereocenters. The van der Waals surface area contributed by atoms with Crippen LogP contribution in [0.5, 0.6) is 11.5 Å². The maximum atomic E-state index is 14.9. The zero-order valence-electron chi connectivity index (χ0n) is 19.1. The number of sulfone groups is 1. The number of nitrogens with zero attached hydrogens (tertiary/aromatic N) is 1. The van der Waals surface area contributed by atoms with Gasteiger partial charge in [0.2, 0.25) is 5.91 Å². The number of halogens is 1. The summed E-state index contributed by atoms with van der Waals surface area (Å²) in [5.41, 5.74) is 2.75. The molecule has 0 saturated carbocycles. The van der Waals surface area contributed by atoms with Crippen molar-refractivity contribution in [3.63, 3.8) is 0 Å². The lowest BCUT2D eigenvalue weighted by Gasteiger charge is -2.32. The Morgan fingerprint density at radius 2 is 2.00 bits per heavy atom. The topological polar surface area (TPSA) is 75.7 Å². The van der Waals surface area contributed by atoms with Crippen molar-refractivity contribution >= 4 is 21.3 Å². The van der Waals surface area contributed by atoms with E-state index in [1.54, 1.807) is 61.5 Å². The number of carbonyl (C=O) groups is 1. The maximum absolute atomic E-state index is 14.9. The van der Waals surface area contributed by atoms with E-state index >= 15 is 0 Å². The molecule has 6 nitrogen and oxygen atoms in total. The fraction of sp³-hybridized carbons (Fsp3) is 0.400. The van der Waals surface area contributed by atoms with Crippen LogP contribution in [-0.4, -0.2) is 44.6 Å². The molecule has 2 aliphatic rings. The molecular weight excluding hydrogens is 443 g/mol. The van der Waals surface area contributed by atoms with E-state index in [0.29, 0.717) is 35.4 Å². The Morgan fingerprint density at radius 3 is 2.73 bits per heavy atom. The van der Waals surface area contributed by atoms with Crippen LogP contribution in [0.2, 0.25) is 0 Å². The minimum atomic E-state index is -3.24. The van der Waals surface area contributed by atoms with Crippen molar-refractivity contribution in [2.24, 2.45) is 5.92 Å². The van der Waals surface area contributed by atoms with E-state index in [-0.39, 0.29) is 36.5 Å². The molecule has 0 bridgehead atoms. The quantitative estimate of drug-likeness (QED) is 0.652. The lowest BCUT2D eigenvalue weighted by atomic mass is 9.84. The molecule has 1 fully saturated rings. The summed E-state index contributed by atoms with van der Waals surface area (Å²) in [5.74, 6) is 0.0190. The Morgan fingerprint density at radius 1 is 1.21 bits per heavy atom. The number of likely N-dealkylation sites (N-methyl/N-ethyl adjacent to an activating group) is 1. The molecule has 0 spiro atoms. The van der Waals surface area contributed by atoms with Gasteiger partial charge in [-0.1, -0.05) is 32.0 Å². The first-order valence-electron chi connectivity index (χ1n) is 11.2. The number of amides is 1. The third kappa shape index (κ3) is 4.68. The largest absolute Gasteiger partial charge is 0.454 e. The van der Waals surface area contributed by atoms with E-state index in [9.17, 15) is 17.6 Å². The number of aryl methyl sites for hydroxylation is 1. The molecule has 8 heteroatoms. The Hall–Kier alpha value is -2.71. The minimum absolute atomic E-state index is 0. The Kier molecular flexibility index (Phi) is 6.59. The fourth-order valence-corrected chi connectivity index (χ4v) is 5.41. The zero-order valence-corrected chi connectivity index (χ0v) is 19.9. The van der Waals surface area contributed by atoms with E-state index in [1.165, 1.54) is 0 Å². The van der Waals surface area contributed by atoms with Crippen LogP contribution in [-0.2, 0) is 26.8 Å². The van der Waals surface area contributed by atoms with Crippen molar-refractivity contribution in [3.05, 3.63) is 65.1 Å². The van der Waals surface area contributed by atoms with E-state index in [2.05, 4.69) is 5.32 Å². The SMILES string of the molecule is CCc1cccc(Oc2ccc(CS(=O)(=O)CC)cc2C2=CN(C)C(=O)C3NCCC23)c1F.[HH]. The van der Waals surface area contributed by atoms with Gasteiger partial charge in [-0.25, -0.2) is 12.8 Å². The number of hydrogen-bond donors (Lipinski definition) is 1. The van der Waals surface area contributed by atoms with Crippen LogP contribution >= 0.6 is 0 Å². The molecule has 1 saturated heterocycles. The van der Waals surface area contributed by atoms with Crippen LogP contribution in [0.15, 0.2) is 42.6 Å². The predicted molar refractivity (Wildman–Crippen MR) is 128 cm³/mol. The van der Waals surface area contributed by atoms with Crippen LogP contribution in [0, 0.1) is 11.7 Å². The van der Waals surface area contributed by atoms with Crippen molar-refractivity contribution in [2.45, 2.75) is 38.5 Å². The summed E-state index contributed by atoms with van der Waals surface area (Å²) in [6, 6.07) is 9.92. The van der Waals surface area contributed by atoms with Crippen molar-refractivity contribution in [3.8, 4) is 11.5 Å². The first kappa shape index (κ1) is 23.4. The third-order valence-corrected chi connectivity index (χ3v) is 8.05. The van der Waals surface area contributed by atoms with Gasteiger partial charge < -0.3 is 15.0 Å². The summed E-state index contributed by atoms with van der Waals surface area (Å²) in [6.07, 6.45) is 3.10. The average molecular weight is 475 g/mol. The number of benzene rings is 2. The average Bonchev–Trinajstić information content (AvgIpc) is 3.29. The van der Waals surface area contributed by atoms with E-state index < -0.39 is 15.7 Å². The van der Waals surface area contributed by atoms with E-state index in [0.717, 1.165) is 12.0 Å². The van der Waals surface area contributed by atoms with Crippen molar-refractivity contribution < 1.29 is 23.8 Å². The Labute approximate surface area is 195 Å². The molecule has 0 aliphatic carbocycles. The normalized spacial score (nSPS) is 20.5. The molecule has 178 valence electrons. The van der Waals surface area contributed by atoms with Crippen molar-refractivity contribution in [1.82, 2.24) is 10.2 Å². The Balaban J connectivity index is 0.00000324. The van der Waals surface area contributed by atoms with Gasteiger partial charge in [-0.2, -0.15) is 0 Å². The van der Waals surface area contributed by atoms with Crippen LogP contribution in [0.4, 0.5) is 4.39 Å². The number of hydrogen-bond acceptors (Lipinski definition) is 5. The second-order valence-electron chi connectivity index (χ2n) is 8.55. The second kappa shape index (κ2) is 9.27. The van der Waals surface area contributed by atoms with Gasteiger partial charge in [0.05, 0.1) is 11.8 Å². The number of nitrogens with one attached hydrogen (secondary N) is 1. The summed E-state index contributed by atoms with van der Waals surface area (Å²) >= 11 is 0. The van der Waals surface area contributed by atoms with Crippen molar-refractivity contribution in [1.29, 1.82) is 0 Å². The minimum Gasteiger partial charge on any atom is -0.454 e. The lowest BCUT2D eigenvalue weighted by Crippen LogP contribution is -2.46. The first-order chi connectivity index (χ1) is 15.7. The van der Waals surface area contributed by atoms with Gasteiger partial charge in [-0.3, -0.25) is 4.79 Å². The van der Waals surface area contributed by atoms with Crippen LogP contribution < -0.4 is 10.1 Å². The van der Waals surface area contributed by atoms with Gasteiger partial charge in [0.15, 0.2) is 21.4 Å². The summed E-state index contributed by atoms with van der Waals surface area (Å²) in [5, 5.41) is 3.27. The fourth-order valence-electron chi connectivity index (χ4n) is 4.52. The second-order valence-corrected chi connectivity index (χ2v) is 10.9. The summed E-state index contributed by atoms with van der Waals surface area (Å²) < 4.78 is 45.5. The van der Waals surface area contributed by atoms with E-state index in [4.69, 9.17) is 4.74 Å². The number of carbonyl (C=O) groups excluding carboxylic acids is 1. The zero-order chi connectivity index (χ0) is 23.8. The highest BCUT2D eigenvalue weighted by Gasteiger charge is 2.41. The molecule has 2 aromatic rings. The molecule has 2 aromatic carbocycles. The standard InChI is InChI=1S/C25H29FN2O4S.H2/c1-4-17-7-6-8-22(23(17)26)32-21-10-9-16(15-33(30,31)5-2)13-19(21)20-14-28(3)25(29)24-18(20)11-12-27-24;/h6-10,13-14,18,24,27H,4-5,11-12,15H2,1-3H3;1H. The van der Waals surface area contributed by atoms with Gasteiger partial charge in [-0.15, -0.1) is 0 Å². The molecule has 33 heavy (non-hydrogen) atoms. The number of rotatable bonds is 7. The van der Waals surface area contributed by atoms with Gasteiger partial charge in [-0.05, 0) is 54.3 Å². The van der Waals surface area contributed by atoms with Crippen LogP contribution in [0.1, 0.15) is 38.4 Å². The molecule has 1 amide bonds. The van der Waals surface area contributed by atoms with Gasteiger partial charge >= 0.3 is 0 Å². The van der Waals surface area contributed by atoms with Crippen molar-refractivity contribution in [2.75, 3.05) is 19.3 Å².